The van der Waals surface area contributed by atoms with Crippen LogP contribution >= 0.6 is 0 Å². The summed E-state index contributed by atoms with van der Waals surface area (Å²) in [4.78, 5) is 17.7. The molecule has 5 heteroatoms. The molecular formula is C24H30FN3O. The summed E-state index contributed by atoms with van der Waals surface area (Å²) in [5.41, 5.74) is 3.01. The molecule has 154 valence electrons. The molecule has 2 aliphatic heterocycles. The second kappa shape index (κ2) is 9.40. The Kier molecular flexibility index (Phi) is 6.45. The van der Waals surface area contributed by atoms with Crippen LogP contribution in [0.2, 0.25) is 0 Å². The van der Waals surface area contributed by atoms with Crippen molar-refractivity contribution in [3.63, 3.8) is 0 Å². The number of carbonyl (C=O) groups excluding carboxylic acids is 1. The minimum Gasteiger partial charge on any atom is -0.370 e. The minimum absolute atomic E-state index is 0.0354. The molecular weight excluding hydrogens is 365 g/mol. The molecule has 0 radical (unpaired) electrons. The van der Waals surface area contributed by atoms with Crippen molar-refractivity contribution in [2.24, 2.45) is 5.92 Å². The van der Waals surface area contributed by atoms with Crippen molar-refractivity contribution in [1.29, 1.82) is 0 Å². The maximum absolute atomic E-state index is 13.5. The van der Waals surface area contributed by atoms with Gasteiger partial charge in [0.2, 0.25) is 5.91 Å². The average molecular weight is 396 g/mol. The zero-order valence-corrected chi connectivity index (χ0v) is 16.9. The number of nitrogens with zero attached hydrogens (tertiary/aromatic N) is 2. The summed E-state index contributed by atoms with van der Waals surface area (Å²) >= 11 is 0. The highest BCUT2D eigenvalue weighted by Crippen LogP contribution is 2.29. The van der Waals surface area contributed by atoms with E-state index in [0.29, 0.717) is 13.1 Å². The van der Waals surface area contributed by atoms with Crippen LogP contribution in [0.4, 0.5) is 15.8 Å². The van der Waals surface area contributed by atoms with Crippen LogP contribution in [0.25, 0.3) is 0 Å². The first kappa shape index (κ1) is 19.9. The Hall–Kier alpha value is -2.40. The van der Waals surface area contributed by atoms with E-state index in [2.05, 4.69) is 21.2 Å². The predicted molar refractivity (Wildman–Crippen MR) is 116 cm³/mol. The number of nitrogens with one attached hydrogen (secondary N) is 1. The summed E-state index contributed by atoms with van der Waals surface area (Å²) in [5, 5.41) is 3.20. The van der Waals surface area contributed by atoms with Crippen LogP contribution in [0.1, 0.15) is 37.7 Å². The molecule has 1 atom stereocenters. The molecule has 1 N–H and O–H groups in total. The Morgan fingerprint density at radius 1 is 1.00 bits per heavy atom. The molecule has 4 rings (SSSR count). The van der Waals surface area contributed by atoms with E-state index in [1.54, 1.807) is 12.1 Å². The number of hydrogen-bond donors (Lipinski definition) is 1. The third kappa shape index (κ3) is 5.15. The first-order valence-corrected chi connectivity index (χ1v) is 10.8. The van der Waals surface area contributed by atoms with Gasteiger partial charge in [-0.25, -0.2) is 4.39 Å². The highest BCUT2D eigenvalue weighted by molar-refractivity contribution is 5.96. The lowest BCUT2D eigenvalue weighted by Crippen LogP contribution is -2.40. The fourth-order valence-corrected chi connectivity index (χ4v) is 4.53. The molecule has 2 aromatic carbocycles. The first-order valence-electron chi connectivity index (χ1n) is 10.8. The summed E-state index contributed by atoms with van der Waals surface area (Å²) in [6.07, 6.45) is 5.59. The Balaban J connectivity index is 1.39. The lowest BCUT2D eigenvalue weighted by atomic mass is 9.96. The topological polar surface area (TPSA) is 35.6 Å². The van der Waals surface area contributed by atoms with Crippen molar-refractivity contribution < 1.29 is 9.18 Å². The van der Waals surface area contributed by atoms with Gasteiger partial charge in [-0.2, -0.15) is 0 Å². The summed E-state index contributed by atoms with van der Waals surface area (Å²) in [6.45, 7) is 4.46. The Morgan fingerprint density at radius 3 is 2.66 bits per heavy atom. The number of benzene rings is 2. The number of halogens is 1. The fraction of sp³-hybridized carbons (Fsp3) is 0.458. The molecule has 2 fully saturated rings. The first-order chi connectivity index (χ1) is 14.2. The highest BCUT2D eigenvalue weighted by Gasteiger charge is 2.27. The number of anilines is 2. The molecule has 1 unspecified atom stereocenters. The van der Waals surface area contributed by atoms with Crippen LogP contribution in [0.5, 0.6) is 0 Å². The molecule has 2 heterocycles. The second-order valence-electron chi connectivity index (χ2n) is 8.26. The number of carbonyl (C=O) groups is 1. The van der Waals surface area contributed by atoms with Gasteiger partial charge < -0.3 is 10.2 Å². The van der Waals surface area contributed by atoms with Crippen molar-refractivity contribution in [1.82, 2.24) is 4.90 Å². The van der Waals surface area contributed by atoms with Crippen LogP contribution in [-0.2, 0) is 11.3 Å². The monoisotopic (exact) mass is 395 g/mol. The number of rotatable bonds is 5. The van der Waals surface area contributed by atoms with Gasteiger partial charge in [0.15, 0.2) is 0 Å². The minimum atomic E-state index is -0.205. The van der Waals surface area contributed by atoms with Crippen LogP contribution in [-0.4, -0.2) is 37.0 Å². The van der Waals surface area contributed by atoms with Gasteiger partial charge in [-0.3, -0.25) is 9.69 Å². The summed E-state index contributed by atoms with van der Waals surface area (Å²) in [5.74, 6) is -0.145. The molecule has 2 aliphatic rings. The summed E-state index contributed by atoms with van der Waals surface area (Å²) in [7, 11) is 0. The van der Waals surface area contributed by atoms with Crippen LogP contribution < -0.4 is 10.2 Å². The summed E-state index contributed by atoms with van der Waals surface area (Å²) < 4.78 is 13.5. The van der Waals surface area contributed by atoms with Gasteiger partial charge in [0.25, 0.3) is 0 Å². The van der Waals surface area contributed by atoms with Crippen molar-refractivity contribution in [2.45, 2.75) is 38.6 Å². The molecule has 0 spiro atoms. The molecule has 0 aromatic heterocycles. The van der Waals surface area contributed by atoms with E-state index in [0.717, 1.165) is 49.4 Å². The molecule has 29 heavy (non-hydrogen) atoms. The SMILES string of the molecule is O=C(Nc1ccccc1N1CCCCC1)C1CCCN(Cc2cccc(F)c2)C1. The van der Waals surface area contributed by atoms with E-state index in [1.807, 2.05) is 24.3 Å². The Bertz CT molecular complexity index is 834. The van der Waals surface area contributed by atoms with Crippen LogP contribution in [0, 0.1) is 11.7 Å². The molecule has 0 saturated carbocycles. The maximum atomic E-state index is 13.5. The zero-order chi connectivity index (χ0) is 20.1. The molecule has 2 saturated heterocycles. The van der Waals surface area contributed by atoms with Crippen molar-refractivity contribution in [3.05, 3.63) is 59.9 Å². The van der Waals surface area contributed by atoms with Crippen LogP contribution in [0.3, 0.4) is 0 Å². The molecule has 1 amide bonds. The number of para-hydroxylation sites is 2. The molecule has 4 nitrogen and oxygen atoms in total. The van der Waals surface area contributed by atoms with E-state index in [1.165, 1.54) is 25.3 Å². The van der Waals surface area contributed by atoms with Crippen molar-refractivity contribution >= 4 is 17.3 Å². The molecule has 2 aromatic rings. The van der Waals surface area contributed by atoms with E-state index in [9.17, 15) is 9.18 Å². The smallest absolute Gasteiger partial charge is 0.228 e. The fourth-order valence-electron chi connectivity index (χ4n) is 4.53. The van der Waals surface area contributed by atoms with Gasteiger partial charge in [0.05, 0.1) is 17.3 Å². The number of piperidine rings is 2. The third-order valence-corrected chi connectivity index (χ3v) is 6.03. The second-order valence-corrected chi connectivity index (χ2v) is 8.26. The lowest BCUT2D eigenvalue weighted by Gasteiger charge is -2.33. The van der Waals surface area contributed by atoms with Gasteiger partial charge in [0.1, 0.15) is 5.82 Å². The average Bonchev–Trinajstić information content (AvgIpc) is 2.75. The summed E-state index contributed by atoms with van der Waals surface area (Å²) in [6, 6.07) is 14.9. The van der Waals surface area contributed by atoms with E-state index >= 15 is 0 Å². The Labute approximate surface area is 172 Å². The standard InChI is InChI=1S/C24H30FN3O/c25-21-10-6-8-19(16-21)17-27-13-7-9-20(18-27)24(29)26-22-11-2-3-12-23(22)28-14-4-1-5-15-28/h2-3,6,8,10-12,16,20H,1,4-5,7,9,13-15,17-18H2,(H,26,29). The van der Waals surface area contributed by atoms with Gasteiger partial charge in [-0.15, -0.1) is 0 Å². The molecule has 0 aliphatic carbocycles. The number of likely N-dealkylation sites (tertiary alicyclic amines) is 1. The quantitative estimate of drug-likeness (QED) is 0.799. The molecule has 0 bridgehead atoms. The zero-order valence-electron chi connectivity index (χ0n) is 16.9. The van der Waals surface area contributed by atoms with Gasteiger partial charge in [-0.05, 0) is 68.5 Å². The highest BCUT2D eigenvalue weighted by atomic mass is 19.1. The number of amides is 1. The number of hydrogen-bond acceptors (Lipinski definition) is 3. The maximum Gasteiger partial charge on any atom is 0.228 e. The third-order valence-electron chi connectivity index (χ3n) is 6.03. The van der Waals surface area contributed by atoms with Crippen molar-refractivity contribution in [3.8, 4) is 0 Å². The van der Waals surface area contributed by atoms with Gasteiger partial charge in [-0.1, -0.05) is 24.3 Å². The predicted octanol–water partition coefficient (Wildman–Crippen LogP) is 4.67. The Morgan fingerprint density at radius 2 is 1.83 bits per heavy atom. The lowest BCUT2D eigenvalue weighted by molar-refractivity contribution is -0.121. The van der Waals surface area contributed by atoms with Crippen molar-refractivity contribution in [2.75, 3.05) is 36.4 Å². The largest absolute Gasteiger partial charge is 0.370 e. The van der Waals surface area contributed by atoms with Crippen LogP contribution in [0.15, 0.2) is 48.5 Å². The van der Waals surface area contributed by atoms with E-state index in [-0.39, 0.29) is 17.6 Å². The van der Waals surface area contributed by atoms with Gasteiger partial charge in [0, 0.05) is 26.2 Å². The van der Waals surface area contributed by atoms with E-state index < -0.39 is 0 Å². The van der Waals surface area contributed by atoms with E-state index in [4.69, 9.17) is 0 Å². The normalized spacial score (nSPS) is 20.4. The van der Waals surface area contributed by atoms with Gasteiger partial charge >= 0.3 is 0 Å².